The van der Waals surface area contributed by atoms with E-state index in [0.29, 0.717) is 12.8 Å². The van der Waals surface area contributed by atoms with Gasteiger partial charge in [0, 0.05) is 6.42 Å². The summed E-state index contributed by atoms with van der Waals surface area (Å²) >= 11 is 0. The zero-order chi connectivity index (χ0) is 33.1. The fourth-order valence-electron chi connectivity index (χ4n) is 5.80. The highest BCUT2D eigenvalue weighted by Gasteiger charge is 2.44. The first-order chi connectivity index (χ1) is 21.8. The third kappa shape index (κ3) is 20.0. The van der Waals surface area contributed by atoms with Crippen LogP contribution in [0.2, 0.25) is 0 Å². The summed E-state index contributed by atoms with van der Waals surface area (Å²) in [5, 5.41) is 53.8. The number of ether oxygens (including phenoxy) is 2. The van der Waals surface area contributed by atoms with Crippen molar-refractivity contribution in [1.82, 2.24) is 5.32 Å². The van der Waals surface area contributed by atoms with Crippen LogP contribution in [-0.2, 0) is 14.3 Å². The molecule has 7 atom stereocenters. The molecule has 0 aromatic carbocycles. The van der Waals surface area contributed by atoms with Crippen molar-refractivity contribution in [2.24, 2.45) is 0 Å². The van der Waals surface area contributed by atoms with Gasteiger partial charge in [0.15, 0.2) is 6.29 Å². The molecule has 0 aromatic rings. The van der Waals surface area contributed by atoms with Gasteiger partial charge in [-0.25, -0.2) is 0 Å². The Morgan fingerprint density at radius 3 is 1.80 bits per heavy atom. The van der Waals surface area contributed by atoms with E-state index < -0.39 is 49.5 Å². The summed E-state index contributed by atoms with van der Waals surface area (Å²) in [4.78, 5) is 12.8. The predicted molar refractivity (Wildman–Crippen MR) is 180 cm³/mol. The normalized spacial score (nSPS) is 23.4. The SMILES string of the molecule is CCCCCCC/C=C\CCCCCCCC(=O)NC(COC1OC(CO)C(O)C(O)C1O)C(O)CCCCCCCCCC. The molecule has 0 saturated carbocycles. The van der Waals surface area contributed by atoms with Crippen LogP contribution in [0.3, 0.4) is 0 Å². The molecule has 1 rings (SSSR count). The molecule has 0 bridgehead atoms. The van der Waals surface area contributed by atoms with Crippen molar-refractivity contribution >= 4 is 5.91 Å². The quantitative estimate of drug-likeness (QED) is 0.0441. The van der Waals surface area contributed by atoms with Gasteiger partial charge in [0.05, 0.1) is 25.4 Å². The van der Waals surface area contributed by atoms with E-state index in [9.17, 15) is 30.3 Å². The molecule has 1 aliphatic rings. The van der Waals surface area contributed by atoms with Gasteiger partial charge in [-0.15, -0.1) is 0 Å². The standard InChI is InChI=1S/C36H69NO8/c1-3-5-7-9-11-13-14-15-16-17-18-20-22-24-26-32(40)37-29(30(39)25-23-21-19-12-10-8-6-4-2)28-44-36-35(43)34(42)33(41)31(27-38)45-36/h14-15,29-31,33-36,38-39,41-43H,3-13,16-28H2,1-2H3,(H,37,40)/b15-14-. The summed E-state index contributed by atoms with van der Waals surface area (Å²) in [7, 11) is 0. The Balaban J connectivity index is 2.42. The molecule has 0 aromatic heterocycles. The number of aliphatic hydroxyl groups is 5. The first-order valence-corrected chi connectivity index (χ1v) is 18.4. The van der Waals surface area contributed by atoms with Crippen LogP contribution < -0.4 is 5.32 Å². The molecule has 1 fully saturated rings. The minimum atomic E-state index is -1.55. The topological polar surface area (TPSA) is 149 Å². The minimum absolute atomic E-state index is 0.140. The molecule has 1 amide bonds. The van der Waals surface area contributed by atoms with Crippen LogP contribution >= 0.6 is 0 Å². The Labute approximate surface area is 274 Å². The van der Waals surface area contributed by atoms with E-state index in [0.717, 1.165) is 51.4 Å². The lowest BCUT2D eigenvalue weighted by atomic mass is 9.99. The lowest BCUT2D eigenvalue weighted by Gasteiger charge is -2.40. The molecule has 266 valence electrons. The number of carbonyl (C=O) groups excluding carboxylic acids is 1. The van der Waals surface area contributed by atoms with Crippen LogP contribution in [0, 0.1) is 0 Å². The van der Waals surface area contributed by atoms with Crippen molar-refractivity contribution in [2.75, 3.05) is 13.2 Å². The van der Waals surface area contributed by atoms with Gasteiger partial charge in [0.1, 0.15) is 24.4 Å². The first kappa shape index (κ1) is 42.0. The Morgan fingerprint density at radius 2 is 1.24 bits per heavy atom. The smallest absolute Gasteiger partial charge is 0.220 e. The molecule has 1 saturated heterocycles. The number of rotatable bonds is 29. The highest BCUT2D eigenvalue weighted by Crippen LogP contribution is 2.23. The summed E-state index contributed by atoms with van der Waals surface area (Å²) in [5.74, 6) is -0.158. The Hall–Kier alpha value is -1.07. The second-order valence-corrected chi connectivity index (χ2v) is 13.0. The van der Waals surface area contributed by atoms with Gasteiger partial charge in [-0.05, 0) is 38.5 Å². The molecule has 0 radical (unpaired) electrons. The number of hydrogen-bond donors (Lipinski definition) is 6. The number of aliphatic hydroxyl groups excluding tert-OH is 5. The number of nitrogens with one attached hydrogen (secondary N) is 1. The largest absolute Gasteiger partial charge is 0.394 e. The van der Waals surface area contributed by atoms with Crippen molar-refractivity contribution in [3.8, 4) is 0 Å². The molecule has 9 nitrogen and oxygen atoms in total. The van der Waals surface area contributed by atoms with Crippen LogP contribution in [-0.4, -0.2) is 87.5 Å². The van der Waals surface area contributed by atoms with E-state index in [4.69, 9.17) is 9.47 Å². The average Bonchev–Trinajstić information content (AvgIpc) is 3.04. The first-order valence-electron chi connectivity index (χ1n) is 18.4. The Kier molecular flexibility index (Phi) is 26.1. The summed E-state index contributed by atoms with van der Waals surface area (Å²) in [6.07, 6.45) is 20.8. The monoisotopic (exact) mass is 644 g/mol. The molecule has 7 unspecified atom stereocenters. The van der Waals surface area contributed by atoms with Gasteiger partial charge >= 0.3 is 0 Å². The number of hydrogen-bond acceptors (Lipinski definition) is 8. The van der Waals surface area contributed by atoms with Gasteiger partial charge in [0.25, 0.3) is 0 Å². The maximum absolute atomic E-state index is 12.8. The summed E-state index contributed by atoms with van der Waals surface area (Å²) in [5.41, 5.74) is 0. The highest BCUT2D eigenvalue weighted by atomic mass is 16.7. The molecule has 1 aliphatic heterocycles. The molecule has 45 heavy (non-hydrogen) atoms. The zero-order valence-corrected chi connectivity index (χ0v) is 28.6. The fourth-order valence-corrected chi connectivity index (χ4v) is 5.80. The van der Waals surface area contributed by atoms with E-state index >= 15 is 0 Å². The lowest BCUT2D eigenvalue weighted by Crippen LogP contribution is -2.60. The lowest BCUT2D eigenvalue weighted by molar-refractivity contribution is -0.302. The third-order valence-electron chi connectivity index (χ3n) is 8.87. The van der Waals surface area contributed by atoms with E-state index in [1.54, 1.807) is 0 Å². The van der Waals surface area contributed by atoms with Crippen molar-refractivity contribution in [3.05, 3.63) is 12.2 Å². The number of allylic oxidation sites excluding steroid dienone is 2. The van der Waals surface area contributed by atoms with Crippen LogP contribution in [0.15, 0.2) is 12.2 Å². The number of amides is 1. The van der Waals surface area contributed by atoms with Crippen molar-refractivity contribution in [1.29, 1.82) is 0 Å². The van der Waals surface area contributed by atoms with Crippen molar-refractivity contribution in [2.45, 2.75) is 198 Å². The number of carbonyl (C=O) groups is 1. The summed E-state index contributed by atoms with van der Waals surface area (Å²) < 4.78 is 11.1. The fraction of sp³-hybridized carbons (Fsp3) is 0.917. The maximum atomic E-state index is 12.8. The van der Waals surface area contributed by atoms with Crippen LogP contribution in [0.5, 0.6) is 0 Å². The molecular weight excluding hydrogens is 574 g/mol. The van der Waals surface area contributed by atoms with E-state index in [2.05, 4.69) is 31.3 Å². The second-order valence-electron chi connectivity index (χ2n) is 13.0. The van der Waals surface area contributed by atoms with E-state index in [-0.39, 0.29) is 12.5 Å². The zero-order valence-electron chi connectivity index (χ0n) is 28.6. The number of unbranched alkanes of at least 4 members (excludes halogenated alkanes) is 17. The van der Waals surface area contributed by atoms with Gasteiger partial charge in [-0.1, -0.05) is 122 Å². The average molecular weight is 644 g/mol. The Bertz CT molecular complexity index is 721. The molecule has 6 N–H and O–H groups in total. The molecule has 9 heteroatoms. The molecule has 0 spiro atoms. The van der Waals surface area contributed by atoms with Crippen molar-refractivity contribution < 1.29 is 39.8 Å². The van der Waals surface area contributed by atoms with E-state index in [1.807, 2.05) is 0 Å². The van der Waals surface area contributed by atoms with E-state index in [1.165, 1.54) is 77.0 Å². The summed E-state index contributed by atoms with van der Waals surface area (Å²) in [6.45, 7) is 3.75. The van der Waals surface area contributed by atoms with Gasteiger partial charge in [0.2, 0.25) is 5.91 Å². The third-order valence-corrected chi connectivity index (χ3v) is 8.87. The van der Waals surface area contributed by atoms with Gasteiger partial charge in [-0.3, -0.25) is 4.79 Å². The second kappa shape index (κ2) is 28.0. The molecule has 1 heterocycles. The molecular formula is C36H69NO8. The summed E-state index contributed by atoms with van der Waals surface area (Å²) in [6, 6.07) is -0.715. The predicted octanol–water partition coefficient (Wildman–Crippen LogP) is 5.83. The van der Waals surface area contributed by atoms with Gasteiger partial charge < -0.3 is 40.3 Å². The van der Waals surface area contributed by atoms with Crippen LogP contribution in [0.1, 0.15) is 155 Å². The van der Waals surface area contributed by atoms with Crippen molar-refractivity contribution in [3.63, 3.8) is 0 Å². The maximum Gasteiger partial charge on any atom is 0.220 e. The minimum Gasteiger partial charge on any atom is -0.394 e. The van der Waals surface area contributed by atoms with Gasteiger partial charge in [-0.2, -0.15) is 0 Å². The Morgan fingerprint density at radius 1 is 0.733 bits per heavy atom. The molecule has 0 aliphatic carbocycles. The van der Waals surface area contributed by atoms with Crippen LogP contribution in [0.4, 0.5) is 0 Å². The van der Waals surface area contributed by atoms with Crippen LogP contribution in [0.25, 0.3) is 0 Å². The highest BCUT2D eigenvalue weighted by molar-refractivity contribution is 5.76.